The number of carbonyl (C=O) groups is 2. The Kier molecular flexibility index (Phi) is 6.09. The molecule has 35 heavy (non-hydrogen) atoms. The molecule has 1 spiro atoms. The van der Waals surface area contributed by atoms with E-state index < -0.39 is 19.7 Å². The number of likely N-dealkylation sites (N-methyl/N-ethyl adjacent to an activating group) is 1. The normalized spacial score (nSPS) is 21.7. The number of benzene rings is 3. The van der Waals surface area contributed by atoms with Gasteiger partial charge in [0, 0.05) is 34.7 Å². The molecule has 2 heterocycles. The van der Waals surface area contributed by atoms with Gasteiger partial charge in [0.15, 0.2) is 5.54 Å². The SMILES string of the molecule is CN1C(=O)[C@@]2(C[C@@H](C[Si](C)(C)C(c3ccccc3)c3ccccc3)OC(=O)N2)c2cc(Br)ccc21. The third-order valence-corrected chi connectivity index (χ3v) is 11.6. The van der Waals surface area contributed by atoms with Crippen LogP contribution in [0, 0.1) is 0 Å². The highest BCUT2D eigenvalue weighted by Gasteiger charge is 2.56. The minimum atomic E-state index is -2.08. The smallest absolute Gasteiger partial charge is 0.408 e. The number of anilines is 1. The molecule has 2 aliphatic heterocycles. The zero-order chi connectivity index (χ0) is 24.8. The quantitative estimate of drug-likeness (QED) is 0.386. The van der Waals surface area contributed by atoms with Gasteiger partial charge in [-0.1, -0.05) is 89.7 Å². The van der Waals surface area contributed by atoms with E-state index in [1.807, 2.05) is 30.3 Å². The van der Waals surface area contributed by atoms with Crippen LogP contribution in [-0.2, 0) is 15.1 Å². The summed E-state index contributed by atoms with van der Waals surface area (Å²) in [5, 5.41) is 2.91. The van der Waals surface area contributed by atoms with Gasteiger partial charge >= 0.3 is 6.09 Å². The number of halogens is 1. The molecule has 2 atom stereocenters. The molecule has 3 aromatic rings. The largest absolute Gasteiger partial charge is 0.446 e. The zero-order valence-electron chi connectivity index (χ0n) is 20.1. The molecule has 0 radical (unpaired) electrons. The molecule has 0 saturated carbocycles. The van der Waals surface area contributed by atoms with E-state index in [0.717, 1.165) is 21.8 Å². The number of alkyl carbamates (subject to hydrolysis) is 1. The third kappa shape index (κ3) is 4.21. The third-order valence-electron chi connectivity index (χ3n) is 7.37. The molecule has 1 fully saturated rings. The topological polar surface area (TPSA) is 58.6 Å². The molecule has 0 unspecified atom stereocenters. The predicted molar refractivity (Wildman–Crippen MR) is 144 cm³/mol. The number of nitrogens with zero attached hydrogens (tertiary/aromatic N) is 1. The average molecular weight is 550 g/mol. The Labute approximate surface area is 215 Å². The Balaban J connectivity index is 1.51. The Hall–Kier alpha value is -2.90. The van der Waals surface area contributed by atoms with E-state index in [2.05, 4.69) is 82.9 Å². The van der Waals surface area contributed by atoms with Gasteiger partial charge in [0.2, 0.25) is 0 Å². The van der Waals surface area contributed by atoms with Crippen molar-refractivity contribution in [3.8, 4) is 0 Å². The Morgan fingerprint density at radius 2 is 1.63 bits per heavy atom. The van der Waals surface area contributed by atoms with Gasteiger partial charge in [-0.25, -0.2) is 4.79 Å². The van der Waals surface area contributed by atoms with Crippen molar-refractivity contribution in [2.24, 2.45) is 0 Å². The van der Waals surface area contributed by atoms with Crippen molar-refractivity contribution in [2.75, 3.05) is 11.9 Å². The number of rotatable bonds is 5. The molecule has 1 saturated heterocycles. The second-order valence-corrected chi connectivity index (χ2v) is 16.1. The highest BCUT2D eigenvalue weighted by molar-refractivity contribution is 9.10. The Morgan fingerprint density at radius 3 is 2.23 bits per heavy atom. The van der Waals surface area contributed by atoms with Gasteiger partial charge in [-0.3, -0.25) is 4.79 Å². The fourth-order valence-corrected chi connectivity index (χ4v) is 10.2. The maximum atomic E-state index is 13.5. The molecule has 5 rings (SSSR count). The number of amides is 2. The molecular weight excluding hydrogens is 520 g/mol. The lowest BCUT2D eigenvalue weighted by Crippen LogP contribution is -2.59. The summed E-state index contributed by atoms with van der Waals surface area (Å²) >= 11 is 3.54. The summed E-state index contributed by atoms with van der Waals surface area (Å²) in [6.07, 6.45) is -0.475. The molecule has 180 valence electrons. The molecule has 0 aliphatic carbocycles. The number of ether oxygens (including phenoxy) is 1. The molecule has 0 aromatic heterocycles. The summed E-state index contributed by atoms with van der Waals surface area (Å²) in [6, 6.07) is 27.7. The Bertz CT molecular complexity index is 1230. The van der Waals surface area contributed by atoms with Gasteiger partial charge in [-0.2, -0.15) is 0 Å². The maximum Gasteiger partial charge on any atom is 0.408 e. The summed E-state index contributed by atoms with van der Waals surface area (Å²) < 4.78 is 6.74. The van der Waals surface area contributed by atoms with E-state index in [1.54, 1.807) is 11.9 Å². The fourth-order valence-electron chi connectivity index (χ4n) is 5.97. The molecular formula is C28H29BrN2O3Si. The van der Waals surface area contributed by atoms with Crippen LogP contribution in [-0.4, -0.2) is 33.2 Å². The van der Waals surface area contributed by atoms with Gasteiger partial charge in [0.05, 0.1) is 8.07 Å². The highest BCUT2D eigenvalue weighted by atomic mass is 79.9. The van der Waals surface area contributed by atoms with E-state index in [-0.39, 0.29) is 17.6 Å². The van der Waals surface area contributed by atoms with E-state index in [9.17, 15) is 9.59 Å². The van der Waals surface area contributed by atoms with Crippen LogP contribution in [0.2, 0.25) is 19.1 Å². The molecule has 3 aromatic carbocycles. The monoisotopic (exact) mass is 548 g/mol. The van der Waals surface area contributed by atoms with Crippen LogP contribution in [0.3, 0.4) is 0 Å². The molecule has 2 amide bonds. The number of hydrogen-bond acceptors (Lipinski definition) is 3. The standard InChI is InChI=1S/C28H29BrN2O3Si/c1-31-24-15-14-21(29)16-23(24)28(26(31)32)17-22(34-27(33)30-28)18-35(2,3)25(19-10-6-4-7-11-19)20-12-8-5-9-13-20/h4-16,22,25H,17-18H2,1-3H3,(H,30,33)/t22-,28+/m0/s1. The molecule has 2 aliphatic rings. The summed E-state index contributed by atoms with van der Waals surface area (Å²) in [7, 11) is -0.316. The zero-order valence-corrected chi connectivity index (χ0v) is 22.7. The number of nitrogens with one attached hydrogen (secondary N) is 1. The van der Waals surface area contributed by atoms with E-state index in [0.29, 0.717) is 6.42 Å². The first-order valence-electron chi connectivity index (χ1n) is 11.9. The van der Waals surface area contributed by atoms with Gasteiger partial charge in [0.1, 0.15) is 6.10 Å². The lowest BCUT2D eigenvalue weighted by atomic mass is 9.85. The number of carbonyl (C=O) groups excluding carboxylic acids is 2. The lowest BCUT2D eigenvalue weighted by molar-refractivity contribution is -0.126. The maximum absolute atomic E-state index is 13.5. The second-order valence-electron chi connectivity index (χ2n) is 10.2. The number of fused-ring (bicyclic) bond motifs is 2. The van der Waals surface area contributed by atoms with Crippen molar-refractivity contribution < 1.29 is 14.3 Å². The van der Waals surface area contributed by atoms with Crippen LogP contribution in [0.25, 0.3) is 0 Å². The molecule has 0 bridgehead atoms. The first-order valence-corrected chi connectivity index (χ1v) is 16.0. The predicted octanol–water partition coefficient (Wildman–Crippen LogP) is 6.20. The van der Waals surface area contributed by atoms with Crippen LogP contribution < -0.4 is 10.2 Å². The van der Waals surface area contributed by atoms with E-state index >= 15 is 0 Å². The lowest BCUT2D eigenvalue weighted by Gasteiger charge is -2.41. The minimum absolute atomic E-state index is 0.116. The minimum Gasteiger partial charge on any atom is -0.446 e. The van der Waals surface area contributed by atoms with Crippen molar-refractivity contribution in [2.45, 2.75) is 42.7 Å². The summed E-state index contributed by atoms with van der Waals surface area (Å²) in [6.45, 7) is 4.71. The van der Waals surface area contributed by atoms with Crippen LogP contribution >= 0.6 is 15.9 Å². The summed E-state index contributed by atoms with van der Waals surface area (Å²) in [5.41, 5.74) is 3.32. The fraction of sp³-hybridized carbons (Fsp3) is 0.286. The van der Waals surface area contributed by atoms with Crippen molar-refractivity contribution in [1.29, 1.82) is 0 Å². The van der Waals surface area contributed by atoms with Gasteiger partial charge in [-0.15, -0.1) is 0 Å². The molecule has 7 heteroatoms. The average Bonchev–Trinajstić information content (AvgIpc) is 3.01. The highest BCUT2D eigenvalue weighted by Crippen LogP contribution is 2.47. The van der Waals surface area contributed by atoms with Crippen molar-refractivity contribution in [3.63, 3.8) is 0 Å². The molecule has 5 nitrogen and oxygen atoms in total. The Morgan fingerprint density at radius 1 is 1.03 bits per heavy atom. The first kappa shape index (κ1) is 23.8. The van der Waals surface area contributed by atoms with Gasteiger partial charge in [-0.05, 0) is 35.4 Å². The van der Waals surface area contributed by atoms with Crippen LogP contribution in [0.15, 0.2) is 83.3 Å². The van der Waals surface area contributed by atoms with Crippen molar-refractivity contribution >= 4 is 41.7 Å². The summed E-state index contributed by atoms with van der Waals surface area (Å²) in [4.78, 5) is 28.1. The van der Waals surface area contributed by atoms with Crippen molar-refractivity contribution in [1.82, 2.24) is 5.32 Å². The van der Waals surface area contributed by atoms with Crippen LogP contribution in [0.4, 0.5) is 10.5 Å². The summed E-state index contributed by atoms with van der Waals surface area (Å²) in [5.74, 6) is -0.116. The van der Waals surface area contributed by atoms with E-state index in [1.165, 1.54) is 11.1 Å². The van der Waals surface area contributed by atoms with Gasteiger partial charge in [0.25, 0.3) is 5.91 Å². The molecule has 1 N–H and O–H groups in total. The first-order chi connectivity index (χ1) is 16.7. The van der Waals surface area contributed by atoms with Crippen LogP contribution in [0.1, 0.15) is 28.7 Å². The van der Waals surface area contributed by atoms with Gasteiger partial charge < -0.3 is 15.0 Å². The van der Waals surface area contributed by atoms with Crippen molar-refractivity contribution in [3.05, 3.63) is 100 Å². The van der Waals surface area contributed by atoms with E-state index in [4.69, 9.17) is 4.74 Å². The number of hydrogen-bond donors (Lipinski definition) is 1. The number of cyclic esters (lactones) is 1. The van der Waals surface area contributed by atoms with Crippen LogP contribution in [0.5, 0.6) is 0 Å². The second kappa shape index (κ2) is 8.95.